The molecule has 0 unspecified atom stereocenters. The van der Waals surface area contributed by atoms with Crippen molar-refractivity contribution in [2.75, 3.05) is 5.32 Å². The van der Waals surface area contributed by atoms with E-state index >= 15 is 0 Å². The first kappa shape index (κ1) is 12.3. The lowest BCUT2D eigenvalue weighted by molar-refractivity contribution is 0.102. The topological polar surface area (TPSA) is 72.2 Å². The van der Waals surface area contributed by atoms with Crippen molar-refractivity contribution < 1.29 is 4.79 Å². The van der Waals surface area contributed by atoms with Crippen LogP contribution in [0.5, 0.6) is 0 Å². The number of hydrogen-bond acceptors (Lipinski definition) is 4. The van der Waals surface area contributed by atoms with Crippen LogP contribution in [0.4, 0.5) is 5.69 Å². The molecular formula is C14H13N5O. The van der Waals surface area contributed by atoms with Crippen LogP contribution in [0.3, 0.4) is 0 Å². The molecule has 3 rings (SSSR count). The lowest BCUT2D eigenvalue weighted by Crippen LogP contribution is -2.16. The van der Waals surface area contributed by atoms with E-state index in [2.05, 4.69) is 20.4 Å². The van der Waals surface area contributed by atoms with Gasteiger partial charge in [0.05, 0.1) is 17.0 Å². The molecule has 0 aliphatic carbocycles. The highest BCUT2D eigenvalue weighted by atomic mass is 16.1. The molecule has 0 saturated carbocycles. The molecule has 20 heavy (non-hydrogen) atoms. The van der Waals surface area contributed by atoms with E-state index in [0.717, 1.165) is 17.0 Å². The smallest absolute Gasteiger partial charge is 0.259 e. The molecule has 0 fully saturated rings. The van der Waals surface area contributed by atoms with Crippen molar-refractivity contribution in [2.45, 2.75) is 13.8 Å². The molecule has 3 heterocycles. The first-order valence-corrected chi connectivity index (χ1v) is 6.18. The molecule has 0 aliphatic rings. The maximum atomic E-state index is 12.3. The largest absolute Gasteiger partial charge is 0.322 e. The van der Waals surface area contributed by atoms with Gasteiger partial charge >= 0.3 is 0 Å². The molecule has 6 nitrogen and oxygen atoms in total. The standard InChI is InChI=1S/C14H13N5O/c1-9-7-13-16-8-12(10(2)19(13)18-9)14(20)17-11-3-5-15-6-4-11/h3-8H,1-2H3,(H,15,17,20). The summed E-state index contributed by atoms with van der Waals surface area (Å²) >= 11 is 0. The van der Waals surface area contributed by atoms with Gasteiger partial charge in [0, 0.05) is 30.3 Å². The molecule has 0 atom stereocenters. The van der Waals surface area contributed by atoms with Gasteiger partial charge in [0.15, 0.2) is 5.65 Å². The van der Waals surface area contributed by atoms with E-state index in [-0.39, 0.29) is 5.91 Å². The third-order valence-corrected chi connectivity index (χ3v) is 3.03. The Morgan fingerprint density at radius 3 is 2.75 bits per heavy atom. The Morgan fingerprint density at radius 2 is 2.00 bits per heavy atom. The minimum Gasteiger partial charge on any atom is -0.322 e. The summed E-state index contributed by atoms with van der Waals surface area (Å²) in [6.07, 6.45) is 4.82. The fraction of sp³-hybridized carbons (Fsp3) is 0.143. The average molecular weight is 267 g/mol. The third kappa shape index (κ3) is 2.11. The summed E-state index contributed by atoms with van der Waals surface area (Å²) in [7, 11) is 0. The fourth-order valence-electron chi connectivity index (χ4n) is 2.02. The zero-order chi connectivity index (χ0) is 14.1. The van der Waals surface area contributed by atoms with Gasteiger partial charge in [-0.1, -0.05) is 0 Å². The number of aryl methyl sites for hydroxylation is 2. The summed E-state index contributed by atoms with van der Waals surface area (Å²) in [5, 5.41) is 7.14. The van der Waals surface area contributed by atoms with Crippen LogP contribution in [0.2, 0.25) is 0 Å². The number of nitrogens with one attached hydrogen (secondary N) is 1. The number of aromatic nitrogens is 4. The number of hydrogen-bond donors (Lipinski definition) is 1. The van der Waals surface area contributed by atoms with E-state index in [9.17, 15) is 4.79 Å². The monoisotopic (exact) mass is 267 g/mol. The highest BCUT2D eigenvalue weighted by molar-refractivity contribution is 6.04. The summed E-state index contributed by atoms with van der Waals surface area (Å²) in [5.74, 6) is -0.212. The van der Waals surface area contributed by atoms with Crippen molar-refractivity contribution in [2.24, 2.45) is 0 Å². The van der Waals surface area contributed by atoms with Crippen LogP contribution >= 0.6 is 0 Å². The van der Waals surface area contributed by atoms with Crippen molar-refractivity contribution in [3.05, 3.63) is 53.7 Å². The second kappa shape index (κ2) is 4.73. The molecule has 1 amide bonds. The lowest BCUT2D eigenvalue weighted by atomic mass is 10.2. The van der Waals surface area contributed by atoms with Gasteiger partial charge < -0.3 is 5.32 Å². The van der Waals surface area contributed by atoms with Crippen LogP contribution in [0.1, 0.15) is 21.7 Å². The van der Waals surface area contributed by atoms with Gasteiger partial charge in [0.2, 0.25) is 0 Å². The van der Waals surface area contributed by atoms with E-state index < -0.39 is 0 Å². The highest BCUT2D eigenvalue weighted by Gasteiger charge is 2.13. The fourth-order valence-corrected chi connectivity index (χ4v) is 2.02. The van der Waals surface area contributed by atoms with Gasteiger partial charge in [-0.25, -0.2) is 9.50 Å². The summed E-state index contributed by atoms with van der Waals surface area (Å²) in [4.78, 5) is 20.4. The number of anilines is 1. The maximum absolute atomic E-state index is 12.3. The van der Waals surface area contributed by atoms with Gasteiger partial charge in [0.25, 0.3) is 5.91 Å². The molecule has 0 aromatic carbocycles. The van der Waals surface area contributed by atoms with Crippen LogP contribution in [0.25, 0.3) is 5.65 Å². The number of rotatable bonds is 2. The van der Waals surface area contributed by atoms with Gasteiger partial charge in [0.1, 0.15) is 0 Å². The molecule has 0 aliphatic heterocycles. The second-order valence-corrected chi connectivity index (χ2v) is 4.50. The number of carbonyl (C=O) groups is 1. The minimum atomic E-state index is -0.212. The van der Waals surface area contributed by atoms with E-state index in [1.807, 2.05) is 19.9 Å². The Balaban J connectivity index is 1.97. The zero-order valence-electron chi connectivity index (χ0n) is 11.2. The number of nitrogens with zero attached hydrogens (tertiary/aromatic N) is 4. The Hall–Kier alpha value is -2.76. The van der Waals surface area contributed by atoms with Gasteiger partial charge in [-0.3, -0.25) is 9.78 Å². The number of fused-ring (bicyclic) bond motifs is 1. The predicted molar refractivity (Wildman–Crippen MR) is 74.7 cm³/mol. The van der Waals surface area contributed by atoms with Crippen LogP contribution in [0.15, 0.2) is 36.8 Å². The quantitative estimate of drug-likeness (QED) is 0.770. The van der Waals surface area contributed by atoms with Crippen molar-refractivity contribution in [1.29, 1.82) is 0 Å². The number of amides is 1. The first-order valence-electron chi connectivity index (χ1n) is 6.18. The maximum Gasteiger partial charge on any atom is 0.259 e. The molecule has 0 bridgehead atoms. The average Bonchev–Trinajstić information content (AvgIpc) is 2.82. The zero-order valence-corrected chi connectivity index (χ0v) is 11.2. The van der Waals surface area contributed by atoms with E-state index in [4.69, 9.17) is 0 Å². The van der Waals surface area contributed by atoms with Crippen molar-refractivity contribution >= 4 is 17.2 Å². The van der Waals surface area contributed by atoms with Gasteiger partial charge in [-0.05, 0) is 26.0 Å². The van der Waals surface area contributed by atoms with Crippen molar-refractivity contribution in [3.8, 4) is 0 Å². The van der Waals surface area contributed by atoms with Crippen LogP contribution in [0, 0.1) is 13.8 Å². The number of pyridine rings is 1. The molecule has 1 N–H and O–H groups in total. The molecule has 3 aromatic heterocycles. The molecule has 100 valence electrons. The first-order chi connectivity index (χ1) is 9.65. The highest BCUT2D eigenvalue weighted by Crippen LogP contribution is 2.13. The molecular weight excluding hydrogens is 254 g/mol. The predicted octanol–water partition coefficient (Wildman–Crippen LogP) is 1.99. The number of carbonyl (C=O) groups excluding carboxylic acids is 1. The molecule has 0 radical (unpaired) electrons. The van der Waals surface area contributed by atoms with E-state index in [1.165, 1.54) is 0 Å². The summed E-state index contributed by atoms with van der Waals surface area (Å²) < 4.78 is 1.68. The van der Waals surface area contributed by atoms with E-state index in [0.29, 0.717) is 11.3 Å². The lowest BCUT2D eigenvalue weighted by Gasteiger charge is -2.08. The molecule has 0 spiro atoms. The normalized spacial score (nSPS) is 10.7. The Bertz CT molecular complexity index is 779. The SMILES string of the molecule is Cc1cc2ncc(C(=O)Nc3ccncc3)c(C)n2n1. The van der Waals surface area contributed by atoms with Crippen LogP contribution in [-0.4, -0.2) is 25.5 Å². The molecule has 6 heteroatoms. The molecule has 3 aromatic rings. The van der Waals surface area contributed by atoms with Crippen LogP contribution in [-0.2, 0) is 0 Å². The van der Waals surface area contributed by atoms with Gasteiger partial charge in [-0.15, -0.1) is 0 Å². The Labute approximate surface area is 115 Å². The van der Waals surface area contributed by atoms with Gasteiger partial charge in [-0.2, -0.15) is 5.10 Å². The summed E-state index contributed by atoms with van der Waals surface area (Å²) in [6, 6.07) is 5.34. The van der Waals surface area contributed by atoms with Crippen LogP contribution < -0.4 is 5.32 Å². The summed E-state index contributed by atoms with van der Waals surface area (Å²) in [6.45, 7) is 3.74. The third-order valence-electron chi connectivity index (χ3n) is 3.03. The Kier molecular flexibility index (Phi) is 2.90. The van der Waals surface area contributed by atoms with Crippen molar-refractivity contribution in [1.82, 2.24) is 19.6 Å². The second-order valence-electron chi connectivity index (χ2n) is 4.50. The molecule has 0 saturated heterocycles. The minimum absolute atomic E-state index is 0.212. The Morgan fingerprint density at radius 1 is 1.25 bits per heavy atom. The van der Waals surface area contributed by atoms with Crippen molar-refractivity contribution in [3.63, 3.8) is 0 Å². The summed E-state index contributed by atoms with van der Waals surface area (Å²) in [5.41, 5.74) is 3.56. The van der Waals surface area contributed by atoms with E-state index in [1.54, 1.807) is 35.2 Å².